The molecule has 2 rings (SSSR count). The van der Waals surface area contributed by atoms with E-state index in [9.17, 15) is 0 Å². The second-order valence-electron chi connectivity index (χ2n) is 4.18. The Hall–Kier alpha value is -1.28. The number of nitrogen functional groups attached to an aromatic ring is 1. The van der Waals surface area contributed by atoms with Gasteiger partial charge in [-0.2, -0.15) is 0 Å². The number of anilines is 1. The van der Waals surface area contributed by atoms with Crippen LogP contribution in [-0.2, 0) is 12.8 Å². The lowest BCUT2D eigenvalue weighted by Gasteiger charge is -2.06. The van der Waals surface area contributed by atoms with Crippen molar-refractivity contribution >= 4 is 21.6 Å². The molecule has 2 N–H and O–H groups in total. The van der Waals surface area contributed by atoms with Gasteiger partial charge in [0.15, 0.2) is 0 Å². The van der Waals surface area contributed by atoms with Crippen LogP contribution in [0.15, 0.2) is 53.0 Å². The molecule has 0 atom stereocenters. The zero-order chi connectivity index (χ0) is 12.1. The molecular formula is C15H16BrN. The van der Waals surface area contributed by atoms with Crippen molar-refractivity contribution in [1.29, 1.82) is 0 Å². The summed E-state index contributed by atoms with van der Waals surface area (Å²) in [4.78, 5) is 0. The Kier molecular flexibility index (Phi) is 4.21. The molecule has 2 aromatic carbocycles. The molecule has 0 unspecified atom stereocenters. The Morgan fingerprint density at radius 1 is 0.941 bits per heavy atom. The standard InChI is InChI=1S/C15H16BrN/c16-14-10-9-13(15(17)11-14)8-4-7-12-5-2-1-3-6-12/h1-3,5-6,9-11H,4,7-8,17H2. The smallest absolute Gasteiger partial charge is 0.0357 e. The first-order valence-corrected chi connectivity index (χ1v) is 6.63. The van der Waals surface area contributed by atoms with Gasteiger partial charge in [-0.1, -0.05) is 52.3 Å². The van der Waals surface area contributed by atoms with Crippen LogP contribution in [-0.4, -0.2) is 0 Å². The molecular weight excluding hydrogens is 274 g/mol. The third kappa shape index (κ3) is 3.60. The number of nitrogens with two attached hydrogens (primary N) is 1. The molecule has 0 bridgehead atoms. The second kappa shape index (κ2) is 5.87. The van der Waals surface area contributed by atoms with E-state index in [4.69, 9.17) is 5.73 Å². The highest BCUT2D eigenvalue weighted by Gasteiger charge is 2.00. The van der Waals surface area contributed by atoms with Crippen LogP contribution in [0.5, 0.6) is 0 Å². The summed E-state index contributed by atoms with van der Waals surface area (Å²) in [5.41, 5.74) is 9.48. The van der Waals surface area contributed by atoms with E-state index >= 15 is 0 Å². The Labute approximate surface area is 111 Å². The molecule has 0 amide bonds. The third-order valence-electron chi connectivity index (χ3n) is 2.86. The average Bonchev–Trinajstić information content (AvgIpc) is 2.33. The lowest BCUT2D eigenvalue weighted by molar-refractivity contribution is 0.822. The fourth-order valence-corrected chi connectivity index (χ4v) is 2.30. The molecule has 0 fully saturated rings. The molecule has 0 aliphatic carbocycles. The van der Waals surface area contributed by atoms with Crippen molar-refractivity contribution < 1.29 is 0 Å². The van der Waals surface area contributed by atoms with Gasteiger partial charge in [-0.3, -0.25) is 0 Å². The van der Waals surface area contributed by atoms with E-state index in [-0.39, 0.29) is 0 Å². The summed E-state index contributed by atoms with van der Waals surface area (Å²) in [6, 6.07) is 16.7. The van der Waals surface area contributed by atoms with Gasteiger partial charge >= 0.3 is 0 Å². The highest BCUT2D eigenvalue weighted by molar-refractivity contribution is 9.10. The summed E-state index contributed by atoms with van der Waals surface area (Å²) in [5.74, 6) is 0. The molecule has 17 heavy (non-hydrogen) atoms. The van der Waals surface area contributed by atoms with E-state index in [1.165, 1.54) is 11.1 Å². The fourth-order valence-electron chi connectivity index (χ4n) is 1.92. The number of rotatable bonds is 4. The number of aryl methyl sites for hydroxylation is 2. The van der Waals surface area contributed by atoms with Gasteiger partial charge in [0, 0.05) is 10.2 Å². The maximum atomic E-state index is 5.97. The van der Waals surface area contributed by atoms with Crippen LogP contribution in [0.1, 0.15) is 17.5 Å². The minimum Gasteiger partial charge on any atom is -0.398 e. The van der Waals surface area contributed by atoms with Crippen LogP contribution in [0.3, 0.4) is 0 Å². The zero-order valence-electron chi connectivity index (χ0n) is 9.70. The quantitative estimate of drug-likeness (QED) is 0.839. The van der Waals surface area contributed by atoms with Crippen LogP contribution in [0.4, 0.5) is 5.69 Å². The molecule has 0 aliphatic heterocycles. The number of hydrogen-bond donors (Lipinski definition) is 1. The van der Waals surface area contributed by atoms with Gasteiger partial charge in [0.2, 0.25) is 0 Å². The van der Waals surface area contributed by atoms with Crippen molar-refractivity contribution in [1.82, 2.24) is 0 Å². The topological polar surface area (TPSA) is 26.0 Å². The van der Waals surface area contributed by atoms with Crippen molar-refractivity contribution in [2.75, 3.05) is 5.73 Å². The molecule has 0 aromatic heterocycles. The Balaban J connectivity index is 1.90. The van der Waals surface area contributed by atoms with Crippen LogP contribution in [0.2, 0.25) is 0 Å². The van der Waals surface area contributed by atoms with Crippen molar-refractivity contribution in [3.8, 4) is 0 Å². The minimum atomic E-state index is 0.882. The highest BCUT2D eigenvalue weighted by Crippen LogP contribution is 2.20. The molecule has 0 saturated heterocycles. The number of halogens is 1. The molecule has 1 nitrogen and oxygen atoms in total. The van der Waals surface area contributed by atoms with Crippen molar-refractivity contribution in [3.05, 3.63) is 64.1 Å². The van der Waals surface area contributed by atoms with Gasteiger partial charge in [0.1, 0.15) is 0 Å². The Morgan fingerprint density at radius 2 is 1.71 bits per heavy atom. The van der Waals surface area contributed by atoms with Crippen molar-refractivity contribution in [2.24, 2.45) is 0 Å². The van der Waals surface area contributed by atoms with E-state index < -0.39 is 0 Å². The lowest BCUT2D eigenvalue weighted by atomic mass is 10.0. The van der Waals surface area contributed by atoms with Gasteiger partial charge in [-0.05, 0) is 42.5 Å². The van der Waals surface area contributed by atoms with Gasteiger partial charge < -0.3 is 5.73 Å². The van der Waals surface area contributed by atoms with Crippen LogP contribution < -0.4 is 5.73 Å². The molecule has 88 valence electrons. The Morgan fingerprint density at radius 3 is 2.41 bits per heavy atom. The van der Waals surface area contributed by atoms with Crippen LogP contribution in [0, 0.1) is 0 Å². The maximum absolute atomic E-state index is 5.97. The summed E-state index contributed by atoms with van der Waals surface area (Å²) < 4.78 is 1.04. The SMILES string of the molecule is Nc1cc(Br)ccc1CCCc1ccccc1. The summed E-state index contributed by atoms with van der Waals surface area (Å²) in [5, 5.41) is 0. The number of hydrogen-bond acceptors (Lipinski definition) is 1. The van der Waals surface area contributed by atoms with E-state index in [1.807, 2.05) is 12.1 Å². The van der Waals surface area contributed by atoms with E-state index in [0.717, 1.165) is 29.4 Å². The first-order valence-electron chi connectivity index (χ1n) is 5.83. The van der Waals surface area contributed by atoms with Gasteiger partial charge in [0.05, 0.1) is 0 Å². The first-order chi connectivity index (χ1) is 8.25. The molecule has 0 spiro atoms. The average molecular weight is 290 g/mol. The van der Waals surface area contributed by atoms with Crippen LogP contribution >= 0.6 is 15.9 Å². The van der Waals surface area contributed by atoms with E-state index in [2.05, 4.69) is 52.3 Å². The zero-order valence-corrected chi connectivity index (χ0v) is 11.3. The maximum Gasteiger partial charge on any atom is 0.0357 e. The lowest BCUT2D eigenvalue weighted by Crippen LogP contribution is -1.96. The summed E-state index contributed by atoms with van der Waals surface area (Å²) in [6.45, 7) is 0. The van der Waals surface area contributed by atoms with E-state index in [1.54, 1.807) is 0 Å². The molecule has 2 aromatic rings. The van der Waals surface area contributed by atoms with Crippen LogP contribution in [0.25, 0.3) is 0 Å². The van der Waals surface area contributed by atoms with E-state index in [0.29, 0.717) is 0 Å². The minimum absolute atomic E-state index is 0.882. The predicted molar refractivity (Wildman–Crippen MR) is 77.0 cm³/mol. The second-order valence-corrected chi connectivity index (χ2v) is 5.10. The largest absolute Gasteiger partial charge is 0.398 e. The third-order valence-corrected chi connectivity index (χ3v) is 3.36. The first kappa shape index (κ1) is 12.2. The van der Waals surface area contributed by atoms with Crippen molar-refractivity contribution in [3.63, 3.8) is 0 Å². The van der Waals surface area contributed by atoms with Gasteiger partial charge in [-0.25, -0.2) is 0 Å². The van der Waals surface area contributed by atoms with Gasteiger partial charge in [0.25, 0.3) is 0 Å². The molecule has 0 heterocycles. The Bertz CT molecular complexity index is 480. The highest BCUT2D eigenvalue weighted by atomic mass is 79.9. The molecule has 2 heteroatoms. The summed E-state index contributed by atoms with van der Waals surface area (Å²) in [6.07, 6.45) is 3.28. The molecule has 0 aliphatic rings. The fraction of sp³-hybridized carbons (Fsp3) is 0.200. The molecule has 0 saturated carbocycles. The van der Waals surface area contributed by atoms with Crippen molar-refractivity contribution in [2.45, 2.75) is 19.3 Å². The number of benzene rings is 2. The summed E-state index contributed by atoms with van der Waals surface area (Å²) in [7, 11) is 0. The summed E-state index contributed by atoms with van der Waals surface area (Å²) >= 11 is 3.42. The monoisotopic (exact) mass is 289 g/mol. The predicted octanol–water partition coefficient (Wildman–Crippen LogP) is 4.21. The molecule has 0 radical (unpaired) electrons. The van der Waals surface area contributed by atoms with Gasteiger partial charge in [-0.15, -0.1) is 0 Å². The normalized spacial score (nSPS) is 10.4.